The van der Waals surface area contributed by atoms with Gasteiger partial charge in [-0.1, -0.05) is 24.4 Å². The minimum Gasteiger partial charge on any atom is -0.481 e. The van der Waals surface area contributed by atoms with Crippen molar-refractivity contribution in [2.24, 2.45) is 17.0 Å². The summed E-state index contributed by atoms with van der Waals surface area (Å²) in [5.74, 6) is -0.740. The number of furan rings is 1. The van der Waals surface area contributed by atoms with Gasteiger partial charge in [-0.15, -0.1) is 0 Å². The van der Waals surface area contributed by atoms with Gasteiger partial charge in [-0.05, 0) is 56.1 Å². The lowest BCUT2D eigenvalue weighted by atomic mass is 9.84. The van der Waals surface area contributed by atoms with Crippen molar-refractivity contribution in [2.45, 2.75) is 82.8 Å². The molecule has 0 spiro atoms. The lowest BCUT2D eigenvalue weighted by Gasteiger charge is -2.23. The first-order valence-corrected chi connectivity index (χ1v) is 10.3. The third-order valence-electron chi connectivity index (χ3n) is 5.82. The average Bonchev–Trinajstić information content (AvgIpc) is 3.28. The van der Waals surface area contributed by atoms with E-state index in [4.69, 9.17) is 9.52 Å². The Balaban J connectivity index is 1.75. The van der Waals surface area contributed by atoms with Gasteiger partial charge in [0.15, 0.2) is 0 Å². The van der Waals surface area contributed by atoms with Crippen LogP contribution in [-0.4, -0.2) is 44.4 Å². The molecule has 4 N–H and O–H groups in total. The molecule has 1 aromatic rings. The molecular formula is C21H33NO6. The number of aliphatic hydroxyl groups is 2. The highest BCUT2D eigenvalue weighted by Gasteiger charge is 2.39. The van der Waals surface area contributed by atoms with Gasteiger partial charge < -0.3 is 24.9 Å². The molecule has 0 bridgehead atoms. The number of carboxylic acid groups (broad SMARTS) is 1. The number of aryl methyl sites for hydroxylation is 1. The molecule has 1 aliphatic carbocycles. The van der Waals surface area contributed by atoms with E-state index in [0.29, 0.717) is 37.8 Å². The molecule has 28 heavy (non-hydrogen) atoms. The predicted octanol–water partition coefficient (Wildman–Crippen LogP) is 3.61. The summed E-state index contributed by atoms with van der Waals surface area (Å²) in [6.45, 7) is 0. The first-order valence-electron chi connectivity index (χ1n) is 10.3. The molecule has 0 amide bonds. The van der Waals surface area contributed by atoms with Crippen molar-refractivity contribution in [1.82, 2.24) is 0 Å². The SMILES string of the molecule is O=C(O)CCCCCCC1C(O)C/C(=N\O)C1CCC(O)CCc1ccoc1. The Bertz CT molecular complexity index is 600. The molecular weight excluding hydrogens is 362 g/mol. The maximum Gasteiger partial charge on any atom is 0.303 e. The zero-order chi connectivity index (χ0) is 20.4. The van der Waals surface area contributed by atoms with Gasteiger partial charge in [0.25, 0.3) is 0 Å². The average molecular weight is 395 g/mol. The molecule has 0 aliphatic heterocycles. The van der Waals surface area contributed by atoms with Crippen LogP contribution >= 0.6 is 0 Å². The highest BCUT2D eigenvalue weighted by atomic mass is 16.4. The first kappa shape index (κ1) is 22.4. The van der Waals surface area contributed by atoms with Crippen LogP contribution in [0.25, 0.3) is 0 Å². The summed E-state index contributed by atoms with van der Waals surface area (Å²) in [5.41, 5.74) is 1.69. The minimum absolute atomic E-state index is 0.0115. The van der Waals surface area contributed by atoms with Crippen LogP contribution in [0.3, 0.4) is 0 Å². The van der Waals surface area contributed by atoms with Crippen molar-refractivity contribution in [3.8, 4) is 0 Å². The number of carbonyl (C=O) groups is 1. The lowest BCUT2D eigenvalue weighted by Crippen LogP contribution is -2.22. The molecule has 1 aromatic heterocycles. The number of unbranched alkanes of at least 4 members (excludes halogenated alkanes) is 3. The number of hydrogen-bond acceptors (Lipinski definition) is 6. The second-order valence-corrected chi connectivity index (χ2v) is 7.88. The molecule has 0 saturated heterocycles. The van der Waals surface area contributed by atoms with Gasteiger partial charge in [0.1, 0.15) is 0 Å². The molecule has 1 aliphatic rings. The van der Waals surface area contributed by atoms with Crippen LogP contribution in [0.1, 0.15) is 69.8 Å². The Labute approximate surface area is 166 Å². The van der Waals surface area contributed by atoms with Crippen LogP contribution in [0.2, 0.25) is 0 Å². The van der Waals surface area contributed by atoms with Gasteiger partial charge in [-0.25, -0.2) is 0 Å². The molecule has 4 atom stereocenters. The topological polar surface area (TPSA) is 123 Å². The second kappa shape index (κ2) is 11.9. The molecule has 7 nitrogen and oxygen atoms in total. The molecule has 0 radical (unpaired) electrons. The summed E-state index contributed by atoms with van der Waals surface area (Å²) >= 11 is 0. The Morgan fingerprint density at radius 2 is 2.00 bits per heavy atom. The van der Waals surface area contributed by atoms with E-state index in [-0.39, 0.29) is 18.3 Å². The van der Waals surface area contributed by atoms with Gasteiger partial charge in [-0.3, -0.25) is 4.79 Å². The van der Waals surface area contributed by atoms with Crippen molar-refractivity contribution < 1.29 is 29.7 Å². The summed E-state index contributed by atoms with van der Waals surface area (Å²) < 4.78 is 5.03. The number of hydrogen-bond donors (Lipinski definition) is 4. The van der Waals surface area contributed by atoms with Gasteiger partial charge in [0, 0.05) is 18.8 Å². The van der Waals surface area contributed by atoms with Crippen LogP contribution in [0.4, 0.5) is 0 Å². The summed E-state index contributed by atoms with van der Waals surface area (Å²) in [6.07, 6.45) is 9.85. The van der Waals surface area contributed by atoms with Crippen molar-refractivity contribution in [3.63, 3.8) is 0 Å². The molecule has 158 valence electrons. The Morgan fingerprint density at radius 1 is 1.21 bits per heavy atom. The van der Waals surface area contributed by atoms with E-state index < -0.39 is 18.2 Å². The zero-order valence-corrected chi connectivity index (χ0v) is 16.4. The quantitative estimate of drug-likeness (QED) is 0.230. The fraction of sp³-hybridized carbons (Fsp3) is 0.714. The summed E-state index contributed by atoms with van der Waals surface area (Å²) in [5, 5.41) is 42.1. The molecule has 7 heteroatoms. The third kappa shape index (κ3) is 7.28. The standard InChI is InChI=1S/C21H33NO6/c23-16(8-7-15-11-12-28-14-15)9-10-17-18(20(24)13-19(17)22-27)5-3-1-2-4-6-21(25)26/h11-12,14,16-18,20,23-24,27H,1-10,13H2,(H,25,26)/b22-19+. The van der Waals surface area contributed by atoms with E-state index in [0.717, 1.165) is 37.7 Å². The van der Waals surface area contributed by atoms with Crippen LogP contribution in [-0.2, 0) is 11.2 Å². The summed E-state index contributed by atoms with van der Waals surface area (Å²) in [6, 6.07) is 1.89. The van der Waals surface area contributed by atoms with Gasteiger partial charge >= 0.3 is 5.97 Å². The van der Waals surface area contributed by atoms with Crippen molar-refractivity contribution in [3.05, 3.63) is 24.2 Å². The van der Waals surface area contributed by atoms with E-state index in [9.17, 15) is 20.2 Å². The van der Waals surface area contributed by atoms with Gasteiger partial charge in [0.05, 0.1) is 30.4 Å². The fourth-order valence-electron chi connectivity index (χ4n) is 4.22. The van der Waals surface area contributed by atoms with Gasteiger partial charge in [-0.2, -0.15) is 0 Å². The number of rotatable bonds is 13. The number of aliphatic carboxylic acids is 1. The Hall–Kier alpha value is -1.86. The Kier molecular flexibility index (Phi) is 9.50. The monoisotopic (exact) mass is 395 g/mol. The predicted molar refractivity (Wildman–Crippen MR) is 104 cm³/mol. The van der Waals surface area contributed by atoms with Crippen LogP contribution < -0.4 is 0 Å². The van der Waals surface area contributed by atoms with E-state index in [1.807, 2.05) is 6.07 Å². The number of oxime groups is 1. The van der Waals surface area contributed by atoms with Crippen LogP contribution in [0, 0.1) is 11.8 Å². The molecule has 1 saturated carbocycles. The van der Waals surface area contributed by atoms with Gasteiger partial charge in [0.2, 0.25) is 0 Å². The Morgan fingerprint density at radius 3 is 2.68 bits per heavy atom. The number of carboxylic acids is 1. The maximum atomic E-state index is 10.5. The minimum atomic E-state index is -0.763. The lowest BCUT2D eigenvalue weighted by molar-refractivity contribution is -0.137. The first-order chi connectivity index (χ1) is 13.5. The third-order valence-corrected chi connectivity index (χ3v) is 5.82. The van der Waals surface area contributed by atoms with E-state index in [2.05, 4.69) is 5.16 Å². The zero-order valence-electron chi connectivity index (χ0n) is 16.4. The summed E-state index contributed by atoms with van der Waals surface area (Å²) in [7, 11) is 0. The fourth-order valence-corrected chi connectivity index (χ4v) is 4.22. The molecule has 0 aromatic carbocycles. The van der Waals surface area contributed by atoms with Crippen molar-refractivity contribution in [2.75, 3.05) is 0 Å². The molecule has 2 rings (SSSR count). The van der Waals surface area contributed by atoms with Crippen LogP contribution in [0.15, 0.2) is 28.2 Å². The van der Waals surface area contributed by atoms with Crippen LogP contribution in [0.5, 0.6) is 0 Å². The highest BCUT2D eigenvalue weighted by Crippen LogP contribution is 2.37. The van der Waals surface area contributed by atoms with E-state index >= 15 is 0 Å². The summed E-state index contributed by atoms with van der Waals surface area (Å²) in [4.78, 5) is 10.5. The molecule has 4 unspecified atom stereocenters. The molecule has 1 heterocycles. The number of aliphatic hydroxyl groups excluding tert-OH is 2. The van der Waals surface area contributed by atoms with Crippen molar-refractivity contribution >= 4 is 11.7 Å². The highest BCUT2D eigenvalue weighted by molar-refractivity contribution is 5.89. The molecule has 1 fully saturated rings. The largest absolute Gasteiger partial charge is 0.481 e. The second-order valence-electron chi connectivity index (χ2n) is 7.88. The normalized spacial score (nSPS) is 24.6. The maximum absolute atomic E-state index is 10.5. The van der Waals surface area contributed by atoms with E-state index in [1.165, 1.54) is 0 Å². The van der Waals surface area contributed by atoms with E-state index in [1.54, 1.807) is 12.5 Å². The number of nitrogens with zero attached hydrogens (tertiary/aromatic N) is 1. The smallest absolute Gasteiger partial charge is 0.303 e. The van der Waals surface area contributed by atoms with Crippen molar-refractivity contribution in [1.29, 1.82) is 0 Å².